The van der Waals surface area contributed by atoms with Crippen molar-refractivity contribution in [3.05, 3.63) is 71.0 Å². The summed E-state index contributed by atoms with van der Waals surface area (Å²) in [5, 5.41) is 19.6. The molecular formula is C20H22FNO3. The first-order valence-electron chi connectivity index (χ1n) is 8.53. The number of halogens is 1. The van der Waals surface area contributed by atoms with Crippen LogP contribution in [0.2, 0.25) is 0 Å². The zero-order valence-electron chi connectivity index (χ0n) is 13.9. The molecule has 0 aliphatic carbocycles. The monoisotopic (exact) mass is 343 g/mol. The quantitative estimate of drug-likeness (QED) is 0.841. The number of nitrogens with zero attached hydrogens (tertiary/aromatic N) is 1. The highest BCUT2D eigenvalue weighted by Crippen LogP contribution is 2.28. The normalized spacial score (nSPS) is 19.0. The van der Waals surface area contributed by atoms with Crippen LogP contribution >= 0.6 is 0 Å². The molecule has 0 aromatic heterocycles. The molecule has 1 aliphatic heterocycles. The van der Waals surface area contributed by atoms with E-state index in [9.17, 15) is 14.3 Å². The molecule has 1 fully saturated rings. The van der Waals surface area contributed by atoms with Crippen molar-refractivity contribution in [1.82, 2.24) is 4.90 Å². The van der Waals surface area contributed by atoms with Crippen molar-refractivity contribution in [3.8, 4) is 0 Å². The van der Waals surface area contributed by atoms with Crippen LogP contribution in [0.5, 0.6) is 0 Å². The van der Waals surface area contributed by atoms with Crippen molar-refractivity contribution >= 4 is 5.97 Å². The third-order valence-corrected chi connectivity index (χ3v) is 4.81. The van der Waals surface area contributed by atoms with E-state index in [0.717, 1.165) is 30.5 Å². The van der Waals surface area contributed by atoms with Gasteiger partial charge < -0.3 is 10.2 Å². The maximum Gasteiger partial charge on any atom is 0.335 e. The van der Waals surface area contributed by atoms with Gasteiger partial charge in [0.1, 0.15) is 5.82 Å². The summed E-state index contributed by atoms with van der Waals surface area (Å²) >= 11 is 0. The first-order valence-corrected chi connectivity index (χ1v) is 8.53. The molecular weight excluding hydrogens is 321 g/mol. The van der Waals surface area contributed by atoms with Crippen LogP contribution in [0.15, 0.2) is 48.5 Å². The standard InChI is InChI=1S/C20H22FNO3/c21-17-8-6-15(7-9-17)19(23)12-18-5-2-10-22(18)13-14-3-1-4-16(11-14)20(24)25/h1,3-4,6-9,11,18-19,23H,2,5,10,12-13H2,(H,24,25). The van der Waals surface area contributed by atoms with Crippen LogP contribution in [0, 0.1) is 5.82 Å². The topological polar surface area (TPSA) is 60.8 Å². The first kappa shape index (κ1) is 17.6. The second-order valence-corrected chi connectivity index (χ2v) is 6.58. The van der Waals surface area contributed by atoms with Crippen molar-refractivity contribution in [3.63, 3.8) is 0 Å². The molecule has 25 heavy (non-hydrogen) atoms. The smallest absolute Gasteiger partial charge is 0.335 e. The fourth-order valence-corrected chi connectivity index (χ4v) is 3.49. The molecule has 1 saturated heterocycles. The van der Waals surface area contributed by atoms with E-state index in [2.05, 4.69) is 4.90 Å². The predicted molar refractivity (Wildman–Crippen MR) is 92.8 cm³/mol. The van der Waals surface area contributed by atoms with Crippen LogP contribution in [-0.4, -0.2) is 33.7 Å². The van der Waals surface area contributed by atoms with E-state index in [1.165, 1.54) is 12.1 Å². The SMILES string of the molecule is O=C(O)c1cccc(CN2CCCC2CC(O)c2ccc(F)cc2)c1. The highest BCUT2D eigenvalue weighted by molar-refractivity contribution is 5.87. The van der Waals surface area contributed by atoms with Gasteiger partial charge in [0.2, 0.25) is 0 Å². The van der Waals surface area contributed by atoms with Gasteiger partial charge in [-0.2, -0.15) is 0 Å². The van der Waals surface area contributed by atoms with E-state index < -0.39 is 12.1 Å². The summed E-state index contributed by atoms with van der Waals surface area (Å²) < 4.78 is 13.0. The number of hydrogen-bond acceptors (Lipinski definition) is 3. The number of carboxylic acid groups (broad SMARTS) is 1. The zero-order valence-corrected chi connectivity index (χ0v) is 13.9. The second-order valence-electron chi connectivity index (χ2n) is 6.58. The van der Waals surface area contributed by atoms with Crippen molar-refractivity contribution in [2.75, 3.05) is 6.54 Å². The van der Waals surface area contributed by atoms with E-state index in [0.29, 0.717) is 18.5 Å². The van der Waals surface area contributed by atoms with Gasteiger partial charge in [0, 0.05) is 12.6 Å². The predicted octanol–water partition coefficient (Wildman–Crippen LogP) is 3.61. The number of carbonyl (C=O) groups is 1. The highest BCUT2D eigenvalue weighted by Gasteiger charge is 2.27. The fraction of sp³-hybridized carbons (Fsp3) is 0.350. The highest BCUT2D eigenvalue weighted by atomic mass is 19.1. The van der Waals surface area contributed by atoms with Crippen LogP contribution in [0.1, 0.15) is 46.9 Å². The molecule has 1 heterocycles. The Balaban J connectivity index is 1.65. The Morgan fingerprint density at radius 2 is 2.00 bits per heavy atom. The van der Waals surface area contributed by atoms with Gasteiger partial charge in [0.05, 0.1) is 11.7 Å². The lowest BCUT2D eigenvalue weighted by molar-refractivity contribution is 0.0696. The van der Waals surface area contributed by atoms with Crippen molar-refractivity contribution < 1.29 is 19.4 Å². The van der Waals surface area contributed by atoms with Crippen LogP contribution in [0.4, 0.5) is 4.39 Å². The Morgan fingerprint density at radius 3 is 2.72 bits per heavy atom. The Labute approximate surface area is 146 Å². The molecule has 0 radical (unpaired) electrons. The molecule has 2 aromatic rings. The number of aliphatic hydroxyl groups excluding tert-OH is 1. The van der Waals surface area contributed by atoms with Gasteiger partial charge in [-0.3, -0.25) is 4.90 Å². The van der Waals surface area contributed by atoms with Crippen LogP contribution in [-0.2, 0) is 6.54 Å². The maximum absolute atomic E-state index is 13.0. The lowest BCUT2D eigenvalue weighted by Gasteiger charge is -2.26. The number of hydrogen-bond donors (Lipinski definition) is 2. The number of carboxylic acids is 1. The minimum atomic E-state index is -0.924. The summed E-state index contributed by atoms with van der Waals surface area (Å²) in [4.78, 5) is 13.4. The van der Waals surface area contributed by atoms with E-state index >= 15 is 0 Å². The third-order valence-electron chi connectivity index (χ3n) is 4.81. The van der Waals surface area contributed by atoms with Crippen LogP contribution < -0.4 is 0 Å². The summed E-state index contributed by atoms with van der Waals surface area (Å²) in [6.45, 7) is 1.60. The lowest BCUT2D eigenvalue weighted by Crippen LogP contribution is -2.30. The molecule has 0 amide bonds. The lowest BCUT2D eigenvalue weighted by atomic mass is 10.00. The Hall–Kier alpha value is -2.24. The number of aromatic carboxylic acids is 1. The summed E-state index contributed by atoms with van der Waals surface area (Å²) in [6, 6.07) is 13.2. The summed E-state index contributed by atoms with van der Waals surface area (Å²) in [5.74, 6) is -1.23. The molecule has 0 saturated carbocycles. The van der Waals surface area contributed by atoms with Crippen molar-refractivity contribution in [2.24, 2.45) is 0 Å². The van der Waals surface area contributed by atoms with E-state index in [1.807, 2.05) is 6.07 Å². The number of rotatable bonds is 6. The Bertz CT molecular complexity index is 732. The average Bonchev–Trinajstić information content (AvgIpc) is 3.02. The molecule has 2 aromatic carbocycles. The zero-order chi connectivity index (χ0) is 17.8. The van der Waals surface area contributed by atoms with E-state index in [1.54, 1.807) is 30.3 Å². The molecule has 3 rings (SSSR count). The van der Waals surface area contributed by atoms with Gasteiger partial charge in [-0.1, -0.05) is 24.3 Å². The molecule has 1 aliphatic rings. The van der Waals surface area contributed by atoms with Crippen LogP contribution in [0.25, 0.3) is 0 Å². The summed E-state index contributed by atoms with van der Waals surface area (Å²) in [7, 11) is 0. The number of likely N-dealkylation sites (tertiary alicyclic amines) is 1. The number of aliphatic hydroxyl groups is 1. The molecule has 2 atom stereocenters. The largest absolute Gasteiger partial charge is 0.478 e. The minimum absolute atomic E-state index is 0.230. The summed E-state index contributed by atoms with van der Waals surface area (Å²) in [5.41, 5.74) is 1.98. The van der Waals surface area contributed by atoms with Crippen LogP contribution in [0.3, 0.4) is 0 Å². The van der Waals surface area contributed by atoms with Gasteiger partial charge in [0.15, 0.2) is 0 Å². The Morgan fingerprint density at radius 1 is 1.24 bits per heavy atom. The van der Waals surface area contributed by atoms with Gasteiger partial charge in [-0.15, -0.1) is 0 Å². The van der Waals surface area contributed by atoms with Gasteiger partial charge in [-0.25, -0.2) is 9.18 Å². The van der Waals surface area contributed by atoms with Gasteiger partial charge >= 0.3 is 5.97 Å². The fourth-order valence-electron chi connectivity index (χ4n) is 3.49. The van der Waals surface area contributed by atoms with E-state index in [-0.39, 0.29) is 11.9 Å². The first-order chi connectivity index (χ1) is 12.0. The van der Waals surface area contributed by atoms with Gasteiger partial charge in [-0.05, 0) is 61.2 Å². The van der Waals surface area contributed by atoms with Gasteiger partial charge in [0.25, 0.3) is 0 Å². The molecule has 2 N–H and O–H groups in total. The van der Waals surface area contributed by atoms with E-state index in [4.69, 9.17) is 5.11 Å². The molecule has 5 heteroatoms. The average molecular weight is 343 g/mol. The molecule has 132 valence electrons. The van der Waals surface area contributed by atoms with Crippen molar-refractivity contribution in [2.45, 2.75) is 38.0 Å². The second kappa shape index (κ2) is 7.76. The molecule has 0 spiro atoms. The minimum Gasteiger partial charge on any atom is -0.478 e. The Kier molecular flexibility index (Phi) is 5.46. The number of benzene rings is 2. The molecule has 4 nitrogen and oxygen atoms in total. The molecule has 2 unspecified atom stereocenters. The maximum atomic E-state index is 13.0. The summed E-state index contributed by atoms with van der Waals surface area (Å²) in [6.07, 6.45) is 2.01. The third kappa shape index (κ3) is 4.44. The van der Waals surface area contributed by atoms with Crippen molar-refractivity contribution in [1.29, 1.82) is 0 Å². The molecule has 0 bridgehead atoms.